The van der Waals surface area contributed by atoms with Crippen molar-refractivity contribution in [3.63, 3.8) is 0 Å². The van der Waals surface area contributed by atoms with Crippen molar-refractivity contribution < 1.29 is 4.74 Å². The van der Waals surface area contributed by atoms with Gasteiger partial charge in [0.15, 0.2) is 12.2 Å². The van der Waals surface area contributed by atoms with E-state index in [-0.39, 0.29) is 0 Å². The van der Waals surface area contributed by atoms with Crippen LogP contribution in [0.5, 0.6) is 0 Å². The standard InChI is InChI=1S/C17H20N4O/c1-2-22-14-19-17-16(12-18)13-20-21(17)11-7-6-10-15-8-4-3-5-9-15/h3-5,8-9,13-14H,2,6-7,10-11H2,1H3/b19-14+. The predicted molar refractivity (Wildman–Crippen MR) is 86.1 cm³/mol. The molecule has 0 N–H and O–H groups in total. The van der Waals surface area contributed by atoms with Crippen LogP contribution in [0.3, 0.4) is 0 Å². The zero-order valence-corrected chi connectivity index (χ0v) is 12.8. The van der Waals surface area contributed by atoms with E-state index in [9.17, 15) is 0 Å². The molecule has 1 aromatic carbocycles. The lowest BCUT2D eigenvalue weighted by Crippen LogP contribution is -2.01. The molecule has 0 fully saturated rings. The first-order valence-corrected chi connectivity index (χ1v) is 7.49. The highest BCUT2D eigenvalue weighted by molar-refractivity contribution is 5.58. The number of rotatable bonds is 8. The number of hydrogen-bond acceptors (Lipinski definition) is 4. The summed E-state index contributed by atoms with van der Waals surface area (Å²) >= 11 is 0. The highest BCUT2D eigenvalue weighted by atomic mass is 16.5. The number of aryl methyl sites for hydroxylation is 2. The lowest BCUT2D eigenvalue weighted by molar-refractivity contribution is 0.343. The smallest absolute Gasteiger partial charge is 0.176 e. The topological polar surface area (TPSA) is 63.2 Å². The molecule has 0 atom stereocenters. The summed E-state index contributed by atoms with van der Waals surface area (Å²) < 4.78 is 6.87. The maximum Gasteiger partial charge on any atom is 0.176 e. The molecule has 1 heterocycles. The molecule has 0 aliphatic heterocycles. The molecule has 0 amide bonds. The molecular weight excluding hydrogens is 276 g/mol. The number of benzene rings is 1. The Kier molecular flexibility index (Phi) is 6.18. The van der Waals surface area contributed by atoms with E-state index < -0.39 is 0 Å². The second-order valence-corrected chi connectivity index (χ2v) is 4.85. The number of aliphatic imine (C=N–C) groups is 1. The molecule has 22 heavy (non-hydrogen) atoms. The average Bonchev–Trinajstić information content (AvgIpc) is 2.95. The van der Waals surface area contributed by atoms with E-state index in [1.807, 2.05) is 13.0 Å². The lowest BCUT2D eigenvalue weighted by Gasteiger charge is -2.05. The molecule has 0 spiro atoms. The fourth-order valence-electron chi connectivity index (χ4n) is 2.15. The van der Waals surface area contributed by atoms with Gasteiger partial charge in [-0.25, -0.2) is 4.68 Å². The van der Waals surface area contributed by atoms with Crippen molar-refractivity contribution in [3.05, 3.63) is 47.7 Å². The zero-order chi connectivity index (χ0) is 15.6. The second kappa shape index (κ2) is 8.63. The summed E-state index contributed by atoms with van der Waals surface area (Å²) in [5.74, 6) is 0.565. The van der Waals surface area contributed by atoms with Gasteiger partial charge in [0.25, 0.3) is 0 Å². The Bertz CT molecular complexity index is 640. The van der Waals surface area contributed by atoms with Crippen LogP contribution >= 0.6 is 0 Å². The SMILES string of the molecule is CCO/C=N/c1c(C#N)cnn1CCCCc1ccccc1. The largest absolute Gasteiger partial charge is 0.483 e. The summed E-state index contributed by atoms with van der Waals surface area (Å²) in [5, 5.41) is 13.3. The van der Waals surface area contributed by atoms with Gasteiger partial charge in [-0.05, 0) is 31.7 Å². The zero-order valence-electron chi connectivity index (χ0n) is 12.8. The van der Waals surface area contributed by atoms with Crippen LogP contribution < -0.4 is 0 Å². The van der Waals surface area contributed by atoms with E-state index in [2.05, 4.69) is 40.4 Å². The first kappa shape index (κ1) is 15.8. The quantitative estimate of drug-likeness (QED) is 0.425. The summed E-state index contributed by atoms with van der Waals surface area (Å²) in [6, 6.07) is 12.5. The van der Waals surface area contributed by atoms with Crippen LogP contribution in [0, 0.1) is 11.3 Å². The van der Waals surface area contributed by atoms with Gasteiger partial charge in [0.1, 0.15) is 11.6 Å². The van der Waals surface area contributed by atoms with Crippen molar-refractivity contribution in [1.82, 2.24) is 9.78 Å². The van der Waals surface area contributed by atoms with E-state index in [0.29, 0.717) is 18.0 Å². The summed E-state index contributed by atoms with van der Waals surface area (Å²) in [6.07, 6.45) is 6.03. The maximum absolute atomic E-state index is 9.09. The molecular formula is C17H20N4O. The summed E-state index contributed by atoms with van der Waals surface area (Å²) in [7, 11) is 0. The van der Waals surface area contributed by atoms with E-state index in [1.54, 1.807) is 10.9 Å². The Balaban J connectivity index is 1.89. The van der Waals surface area contributed by atoms with Gasteiger partial charge in [-0.15, -0.1) is 0 Å². The van der Waals surface area contributed by atoms with Gasteiger partial charge < -0.3 is 4.74 Å². The number of unbranched alkanes of at least 4 members (excludes halogenated alkanes) is 1. The third-order valence-corrected chi connectivity index (χ3v) is 3.28. The Morgan fingerprint density at radius 3 is 2.86 bits per heavy atom. The van der Waals surface area contributed by atoms with Crippen LogP contribution in [0.25, 0.3) is 0 Å². The molecule has 0 aliphatic carbocycles. The van der Waals surface area contributed by atoms with E-state index >= 15 is 0 Å². The van der Waals surface area contributed by atoms with Crippen LogP contribution in [-0.4, -0.2) is 22.8 Å². The van der Waals surface area contributed by atoms with Gasteiger partial charge in [-0.1, -0.05) is 30.3 Å². The minimum absolute atomic E-state index is 0.471. The second-order valence-electron chi connectivity index (χ2n) is 4.85. The fraction of sp³-hybridized carbons (Fsp3) is 0.353. The van der Waals surface area contributed by atoms with Gasteiger partial charge in [0, 0.05) is 6.54 Å². The third-order valence-electron chi connectivity index (χ3n) is 3.28. The van der Waals surface area contributed by atoms with Gasteiger partial charge in [-0.3, -0.25) is 0 Å². The monoisotopic (exact) mass is 296 g/mol. The summed E-state index contributed by atoms with van der Waals surface area (Å²) in [4.78, 5) is 4.19. The van der Waals surface area contributed by atoms with Gasteiger partial charge in [-0.2, -0.15) is 15.4 Å². The first-order valence-electron chi connectivity index (χ1n) is 7.49. The maximum atomic E-state index is 9.09. The molecule has 0 bridgehead atoms. The van der Waals surface area contributed by atoms with E-state index in [0.717, 1.165) is 25.8 Å². The highest BCUT2D eigenvalue weighted by Gasteiger charge is 2.08. The van der Waals surface area contributed by atoms with E-state index in [1.165, 1.54) is 12.0 Å². The van der Waals surface area contributed by atoms with Crippen molar-refractivity contribution >= 4 is 12.2 Å². The van der Waals surface area contributed by atoms with Crippen LogP contribution in [0.15, 0.2) is 41.5 Å². The Labute approximate surface area is 130 Å². The van der Waals surface area contributed by atoms with Gasteiger partial charge >= 0.3 is 0 Å². The van der Waals surface area contributed by atoms with Crippen molar-refractivity contribution in [2.75, 3.05) is 6.61 Å². The molecule has 0 saturated carbocycles. The molecule has 0 aliphatic rings. The molecule has 0 radical (unpaired) electrons. The van der Waals surface area contributed by atoms with Crippen molar-refractivity contribution in [1.29, 1.82) is 5.26 Å². The minimum Gasteiger partial charge on any atom is -0.483 e. The number of nitriles is 1. The molecule has 2 aromatic rings. The Morgan fingerprint density at radius 2 is 2.14 bits per heavy atom. The van der Waals surface area contributed by atoms with Crippen LogP contribution in [0.4, 0.5) is 5.82 Å². The van der Waals surface area contributed by atoms with Gasteiger partial charge in [0.05, 0.1) is 12.8 Å². The third kappa shape index (κ3) is 4.45. The van der Waals surface area contributed by atoms with Crippen LogP contribution in [-0.2, 0) is 17.7 Å². The number of hydrogen-bond donors (Lipinski definition) is 0. The molecule has 5 heteroatoms. The molecule has 1 aromatic heterocycles. The van der Waals surface area contributed by atoms with Gasteiger partial charge in [0.2, 0.25) is 0 Å². The first-order chi connectivity index (χ1) is 10.8. The number of nitrogens with zero attached hydrogens (tertiary/aromatic N) is 4. The van der Waals surface area contributed by atoms with Crippen LogP contribution in [0.1, 0.15) is 30.9 Å². The van der Waals surface area contributed by atoms with E-state index in [4.69, 9.17) is 10.00 Å². The Morgan fingerprint density at radius 1 is 1.32 bits per heavy atom. The highest BCUT2D eigenvalue weighted by Crippen LogP contribution is 2.18. The van der Waals surface area contributed by atoms with Crippen molar-refractivity contribution in [3.8, 4) is 6.07 Å². The minimum atomic E-state index is 0.471. The van der Waals surface area contributed by atoms with Crippen molar-refractivity contribution in [2.45, 2.75) is 32.7 Å². The summed E-state index contributed by atoms with van der Waals surface area (Å²) in [5.41, 5.74) is 1.81. The van der Waals surface area contributed by atoms with Crippen LogP contribution in [0.2, 0.25) is 0 Å². The fourth-order valence-corrected chi connectivity index (χ4v) is 2.15. The molecule has 0 unspecified atom stereocenters. The molecule has 114 valence electrons. The number of ether oxygens (including phenoxy) is 1. The average molecular weight is 296 g/mol. The molecule has 0 saturated heterocycles. The number of aromatic nitrogens is 2. The molecule has 2 rings (SSSR count). The Hall–Kier alpha value is -2.61. The lowest BCUT2D eigenvalue weighted by atomic mass is 10.1. The normalized spacial score (nSPS) is 10.7. The van der Waals surface area contributed by atoms with Crippen molar-refractivity contribution in [2.24, 2.45) is 4.99 Å². The summed E-state index contributed by atoms with van der Waals surface area (Å²) in [6.45, 7) is 3.18. The predicted octanol–water partition coefficient (Wildman–Crippen LogP) is 3.47. The molecule has 5 nitrogen and oxygen atoms in total.